The summed E-state index contributed by atoms with van der Waals surface area (Å²) in [7, 11) is 0. The second-order valence-electron chi connectivity index (χ2n) is 7.54. The number of quaternary nitrogens is 1. The SMILES string of the molecule is CC[NH+](CC)[C@@H](CNC(=O)CCCN1C(=O)c2ccccc2C1=O)c1ccccc1. The number of nitrogens with one attached hydrogen (secondary N) is 2. The molecule has 6 heteroatoms. The van der Waals surface area contributed by atoms with Crippen LogP contribution in [0.2, 0.25) is 0 Å². The van der Waals surface area contributed by atoms with Gasteiger partial charge in [0.25, 0.3) is 11.8 Å². The molecule has 3 rings (SSSR count). The van der Waals surface area contributed by atoms with E-state index in [9.17, 15) is 14.4 Å². The van der Waals surface area contributed by atoms with Gasteiger partial charge in [0.1, 0.15) is 6.04 Å². The van der Waals surface area contributed by atoms with Crippen molar-refractivity contribution in [3.05, 3.63) is 71.3 Å². The summed E-state index contributed by atoms with van der Waals surface area (Å²) in [5, 5.41) is 3.05. The quantitative estimate of drug-likeness (QED) is 0.590. The van der Waals surface area contributed by atoms with Gasteiger partial charge in [0.05, 0.1) is 30.8 Å². The van der Waals surface area contributed by atoms with Gasteiger partial charge in [-0.05, 0) is 32.4 Å². The molecule has 30 heavy (non-hydrogen) atoms. The van der Waals surface area contributed by atoms with E-state index in [0.29, 0.717) is 24.1 Å². The summed E-state index contributed by atoms with van der Waals surface area (Å²) in [6, 6.07) is 17.3. The minimum atomic E-state index is -0.273. The second-order valence-corrected chi connectivity index (χ2v) is 7.54. The lowest BCUT2D eigenvalue weighted by atomic mass is 10.0. The van der Waals surface area contributed by atoms with E-state index >= 15 is 0 Å². The van der Waals surface area contributed by atoms with Gasteiger partial charge >= 0.3 is 0 Å². The van der Waals surface area contributed by atoms with Crippen molar-refractivity contribution in [2.75, 3.05) is 26.2 Å². The Morgan fingerprint density at radius 2 is 1.50 bits per heavy atom. The van der Waals surface area contributed by atoms with Gasteiger partial charge in [-0.2, -0.15) is 0 Å². The largest absolute Gasteiger partial charge is 0.350 e. The number of carbonyl (C=O) groups excluding carboxylic acids is 3. The van der Waals surface area contributed by atoms with Crippen molar-refractivity contribution >= 4 is 17.7 Å². The maximum atomic E-state index is 12.4. The Balaban J connectivity index is 1.51. The molecule has 0 saturated heterocycles. The number of hydrogen-bond donors (Lipinski definition) is 2. The van der Waals surface area contributed by atoms with Crippen molar-refractivity contribution in [3.8, 4) is 0 Å². The summed E-state index contributed by atoms with van der Waals surface area (Å²) in [4.78, 5) is 39.9. The highest BCUT2D eigenvalue weighted by Crippen LogP contribution is 2.22. The topological polar surface area (TPSA) is 70.9 Å². The van der Waals surface area contributed by atoms with Gasteiger partial charge < -0.3 is 10.2 Å². The first-order chi connectivity index (χ1) is 14.6. The maximum Gasteiger partial charge on any atom is 0.261 e. The lowest BCUT2D eigenvalue weighted by molar-refractivity contribution is -0.927. The Labute approximate surface area is 177 Å². The summed E-state index contributed by atoms with van der Waals surface area (Å²) in [5.41, 5.74) is 2.10. The molecular formula is C24H30N3O3+. The number of imide groups is 1. The number of hydrogen-bond acceptors (Lipinski definition) is 3. The summed E-state index contributed by atoms with van der Waals surface area (Å²) in [6.45, 7) is 7.07. The smallest absolute Gasteiger partial charge is 0.261 e. The summed E-state index contributed by atoms with van der Waals surface area (Å²) in [5.74, 6) is -0.602. The van der Waals surface area contributed by atoms with Crippen molar-refractivity contribution in [1.82, 2.24) is 10.2 Å². The van der Waals surface area contributed by atoms with E-state index in [2.05, 4.69) is 31.3 Å². The average molecular weight is 409 g/mol. The lowest BCUT2D eigenvalue weighted by Crippen LogP contribution is -3.12. The van der Waals surface area contributed by atoms with E-state index in [1.165, 1.54) is 15.4 Å². The van der Waals surface area contributed by atoms with Crippen LogP contribution >= 0.6 is 0 Å². The van der Waals surface area contributed by atoms with Gasteiger partial charge in [-0.1, -0.05) is 42.5 Å². The molecule has 6 nitrogen and oxygen atoms in total. The van der Waals surface area contributed by atoms with Crippen LogP contribution in [0.5, 0.6) is 0 Å². The Hall–Kier alpha value is -2.99. The molecule has 0 spiro atoms. The van der Waals surface area contributed by atoms with Gasteiger partial charge in [-0.25, -0.2) is 0 Å². The van der Waals surface area contributed by atoms with E-state index in [-0.39, 0.29) is 36.7 Å². The van der Waals surface area contributed by atoms with Gasteiger partial charge in [-0.15, -0.1) is 0 Å². The fourth-order valence-electron chi connectivity index (χ4n) is 4.07. The Bertz CT molecular complexity index is 859. The predicted molar refractivity (Wildman–Crippen MR) is 115 cm³/mol. The first-order valence-corrected chi connectivity index (χ1v) is 10.7. The third-order valence-corrected chi connectivity index (χ3v) is 5.77. The van der Waals surface area contributed by atoms with Crippen molar-refractivity contribution in [3.63, 3.8) is 0 Å². The molecule has 0 aliphatic carbocycles. The molecule has 158 valence electrons. The second kappa shape index (κ2) is 10.2. The zero-order valence-corrected chi connectivity index (χ0v) is 17.7. The van der Waals surface area contributed by atoms with E-state index in [1.54, 1.807) is 24.3 Å². The van der Waals surface area contributed by atoms with E-state index < -0.39 is 0 Å². The maximum absolute atomic E-state index is 12.4. The van der Waals surface area contributed by atoms with Crippen LogP contribution in [-0.2, 0) is 4.79 Å². The zero-order chi connectivity index (χ0) is 21.5. The standard InChI is InChI=1S/C24H29N3O3/c1-3-26(4-2)21(18-11-6-5-7-12-18)17-25-22(28)15-10-16-27-23(29)19-13-8-9-14-20(19)24(27)30/h5-9,11-14,21H,3-4,10,15-17H2,1-2H3,(H,25,28)/p+1/t21-/m0/s1. The molecule has 2 aromatic carbocycles. The van der Waals surface area contributed by atoms with E-state index in [4.69, 9.17) is 0 Å². The molecule has 1 atom stereocenters. The molecule has 0 saturated carbocycles. The molecule has 0 radical (unpaired) electrons. The molecule has 1 aliphatic heterocycles. The number of fused-ring (bicyclic) bond motifs is 1. The molecule has 0 aromatic heterocycles. The molecule has 3 amide bonds. The monoisotopic (exact) mass is 408 g/mol. The Morgan fingerprint density at radius 3 is 2.07 bits per heavy atom. The number of nitrogens with zero attached hydrogens (tertiary/aromatic N) is 1. The Kier molecular flexibility index (Phi) is 7.36. The zero-order valence-electron chi connectivity index (χ0n) is 17.7. The van der Waals surface area contributed by atoms with Crippen LogP contribution in [0.25, 0.3) is 0 Å². The number of amides is 3. The third-order valence-electron chi connectivity index (χ3n) is 5.77. The normalized spacial score (nSPS) is 14.2. The molecule has 1 heterocycles. The predicted octanol–water partition coefficient (Wildman–Crippen LogP) is 1.85. The number of rotatable bonds is 10. The first-order valence-electron chi connectivity index (χ1n) is 10.7. The van der Waals surface area contributed by atoms with Crippen LogP contribution in [0.4, 0.5) is 0 Å². The van der Waals surface area contributed by atoms with Crippen molar-refractivity contribution in [2.24, 2.45) is 0 Å². The lowest BCUT2D eigenvalue weighted by Gasteiger charge is -2.27. The van der Waals surface area contributed by atoms with Crippen molar-refractivity contribution < 1.29 is 19.3 Å². The summed E-state index contributed by atoms with van der Waals surface area (Å²) < 4.78 is 0. The molecule has 2 aromatic rings. The minimum Gasteiger partial charge on any atom is -0.350 e. The minimum absolute atomic E-state index is 0.0564. The number of benzene rings is 2. The highest BCUT2D eigenvalue weighted by molar-refractivity contribution is 6.21. The van der Waals surface area contributed by atoms with Crippen LogP contribution in [-0.4, -0.2) is 48.8 Å². The van der Waals surface area contributed by atoms with Crippen LogP contribution in [0.1, 0.15) is 59.0 Å². The molecule has 0 fully saturated rings. The molecule has 2 N–H and O–H groups in total. The van der Waals surface area contributed by atoms with Crippen LogP contribution in [0.15, 0.2) is 54.6 Å². The van der Waals surface area contributed by atoms with Gasteiger partial charge in [0, 0.05) is 18.5 Å². The third kappa shape index (κ3) is 4.76. The highest BCUT2D eigenvalue weighted by atomic mass is 16.2. The average Bonchev–Trinajstić information content (AvgIpc) is 3.02. The summed E-state index contributed by atoms with van der Waals surface area (Å²) in [6.07, 6.45) is 0.730. The number of carbonyl (C=O) groups is 3. The Morgan fingerprint density at radius 1 is 0.933 bits per heavy atom. The van der Waals surface area contributed by atoms with Gasteiger partial charge in [-0.3, -0.25) is 19.3 Å². The van der Waals surface area contributed by atoms with Crippen LogP contribution in [0.3, 0.4) is 0 Å². The van der Waals surface area contributed by atoms with Gasteiger partial charge in [0.15, 0.2) is 0 Å². The van der Waals surface area contributed by atoms with Crippen molar-refractivity contribution in [1.29, 1.82) is 0 Å². The van der Waals surface area contributed by atoms with Gasteiger partial charge in [0.2, 0.25) is 5.91 Å². The first kappa shape index (κ1) is 21.7. The molecular weight excluding hydrogens is 378 g/mol. The van der Waals surface area contributed by atoms with Crippen molar-refractivity contribution in [2.45, 2.75) is 32.7 Å². The van der Waals surface area contributed by atoms with E-state index in [0.717, 1.165) is 13.1 Å². The highest BCUT2D eigenvalue weighted by Gasteiger charge is 2.34. The molecule has 0 unspecified atom stereocenters. The fraction of sp³-hybridized carbons (Fsp3) is 0.375. The molecule has 1 aliphatic rings. The fourth-order valence-corrected chi connectivity index (χ4v) is 4.07. The summed E-state index contributed by atoms with van der Waals surface area (Å²) >= 11 is 0. The van der Waals surface area contributed by atoms with Crippen LogP contribution < -0.4 is 10.2 Å². The van der Waals surface area contributed by atoms with Crippen LogP contribution in [0, 0.1) is 0 Å². The molecule has 0 bridgehead atoms. The van der Waals surface area contributed by atoms with E-state index in [1.807, 2.05) is 18.2 Å². The number of likely N-dealkylation sites (N-methyl/N-ethyl adjacent to an activating group) is 1.